The van der Waals surface area contributed by atoms with Crippen LogP contribution in [0.3, 0.4) is 0 Å². The Balaban J connectivity index is 1.54. The maximum absolute atomic E-state index is 12.4. The maximum Gasteiger partial charge on any atom is 0.223 e. The van der Waals surface area contributed by atoms with Crippen molar-refractivity contribution >= 4 is 38.6 Å². The molecule has 7 nitrogen and oxygen atoms in total. The van der Waals surface area contributed by atoms with Crippen LogP contribution in [0.15, 0.2) is 18.3 Å². The van der Waals surface area contributed by atoms with Gasteiger partial charge in [-0.05, 0) is 32.4 Å². The molecule has 0 radical (unpaired) electrons. The lowest BCUT2D eigenvalue weighted by Crippen LogP contribution is -2.36. The first-order valence-corrected chi connectivity index (χ1v) is 9.88. The van der Waals surface area contributed by atoms with E-state index in [4.69, 9.17) is 0 Å². The van der Waals surface area contributed by atoms with Crippen molar-refractivity contribution in [1.82, 2.24) is 20.2 Å². The summed E-state index contributed by atoms with van der Waals surface area (Å²) in [5.74, 6) is -0.0107. The number of nitrogens with zero attached hydrogens (tertiary/aromatic N) is 4. The first-order chi connectivity index (χ1) is 12.5. The average Bonchev–Trinajstić information content (AvgIpc) is 2.88. The number of anilines is 1. The van der Waals surface area contributed by atoms with Gasteiger partial charge in [-0.3, -0.25) is 9.59 Å². The molecule has 2 amide bonds. The lowest BCUT2D eigenvalue weighted by molar-refractivity contribution is -0.133. The van der Waals surface area contributed by atoms with E-state index >= 15 is 0 Å². The van der Waals surface area contributed by atoms with Gasteiger partial charge in [0.15, 0.2) is 5.13 Å². The second kappa shape index (κ2) is 8.44. The summed E-state index contributed by atoms with van der Waals surface area (Å²) in [6.07, 6.45) is 3.19. The molecule has 1 N–H and O–H groups in total. The fourth-order valence-corrected chi connectivity index (χ4v) is 3.98. The molecular weight excluding hydrogens is 350 g/mol. The highest BCUT2D eigenvalue weighted by atomic mass is 32.1. The van der Waals surface area contributed by atoms with Crippen molar-refractivity contribution in [1.29, 1.82) is 0 Å². The Morgan fingerprint density at radius 1 is 1.23 bits per heavy atom. The van der Waals surface area contributed by atoms with Crippen molar-refractivity contribution in [3.05, 3.63) is 18.3 Å². The Hall–Kier alpha value is -2.22. The molecule has 0 atom stereocenters. The van der Waals surface area contributed by atoms with Gasteiger partial charge in [-0.15, -0.1) is 0 Å². The van der Waals surface area contributed by atoms with Gasteiger partial charge in [-0.1, -0.05) is 11.3 Å². The van der Waals surface area contributed by atoms with E-state index in [0.29, 0.717) is 6.54 Å². The molecule has 1 aliphatic heterocycles. The molecule has 3 rings (SSSR count). The minimum absolute atomic E-state index is 0.0525. The van der Waals surface area contributed by atoms with Gasteiger partial charge in [0, 0.05) is 51.3 Å². The number of carbonyl (C=O) groups is 2. The number of pyridine rings is 1. The smallest absolute Gasteiger partial charge is 0.223 e. The molecule has 0 saturated carbocycles. The molecule has 140 valence electrons. The molecule has 0 aromatic carbocycles. The number of thiazole rings is 1. The fraction of sp³-hybridized carbons (Fsp3) is 0.556. The van der Waals surface area contributed by atoms with Crippen molar-refractivity contribution in [2.24, 2.45) is 0 Å². The average molecular weight is 375 g/mol. The zero-order valence-corrected chi connectivity index (χ0v) is 16.1. The van der Waals surface area contributed by atoms with Crippen LogP contribution in [0.25, 0.3) is 10.3 Å². The summed E-state index contributed by atoms with van der Waals surface area (Å²) in [5, 5.41) is 3.79. The largest absolute Gasteiger partial charge is 0.354 e. The van der Waals surface area contributed by atoms with Crippen molar-refractivity contribution in [2.45, 2.75) is 39.2 Å². The molecule has 0 spiro atoms. The summed E-state index contributed by atoms with van der Waals surface area (Å²) in [6.45, 7) is 6.85. The van der Waals surface area contributed by atoms with E-state index < -0.39 is 0 Å². The van der Waals surface area contributed by atoms with E-state index in [1.54, 1.807) is 17.5 Å². The van der Waals surface area contributed by atoms with Gasteiger partial charge < -0.3 is 15.1 Å². The third-order valence-electron chi connectivity index (χ3n) is 4.29. The van der Waals surface area contributed by atoms with Gasteiger partial charge in [0.25, 0.3) is 0 Å². The van der Waals surface area contributed by atoms with Gasteiger partial charge in [0.05, 0.1) is 0 Å². The van der Waals surface area contributed by atoms with Crippen LogP contribution < -0.4 is 10.2 Å². The number of aromatic nitrogens is 2. The summed E-state index contributed by atoms with van der Waals surface area (Å²) in [7, 11) is 0. The number of carbonyl (C=O) groups excluding carboxylic acids is 2. The molecule has 1 aliphatic rings. The first-order valence-electron chi connectivity index (χ1n) is 9.06. The Bertz CT molecular complexity index is 743. The highest BCUT2D eigenvalue weighted by Crippen LogP contribution is 2.27. The predicted octanol–water partition coefficient (Wildman–Crippen LogP) is 2.03. The normalized spacial score (nSPS) is 15.3. The molecule has 26 heavy (non-hydrogen) atoms. The minimum atomic E-state index is -0.0632. The fourth-order valence-electron chi connectivity index (χ4n) is 3.02. The zero-order valence-electron chi connectivity index (χ0n) is 15.3. The van der Waals surface area contributed by atoms with Crippen molar-refractivity contribution in [3.8, 4) is 0 Å². The van der Waals surface area contributed by atoms with Crippen LogP contribution in [0, 0.1) is 0 Å². The van der Waals surface area contributed by atoms with Crippen LogP contribution in [-0.4, -0.2) is 58.9 Å². The molecule has 0 bridgehead atoms. The Labute approximate surface area is 157 Å². The predicted molar refractivity (Wildman–Crippen MR) is 103 cm³/mol. The number of amides is 2. The lowest BCUT2D eigenvalue weighted by Gasteiger charge is -2.21. The Morgan fingerprint density at radius 2 is 2.08 bits per heavy atom. The molecular formula is C18H25N5O2S. The summed E-state index contributed by atoms with van der Waals surface area (Å²) in [4.78, 5) is 38.2. The van der Waals surface area contributed by atoms with Crippen LogP contribution in [0.2, 0.25) is 0 Å². The van der Waals surface area contributed by atoms with E-state index in [-0.39, 0.29) is 30.7 Å². The number of nitrogens with one attached hydrogen (secondary N) is 1. The second-order valence-electron chi connectivity index (χ2n) is 6.77. The van der Waals surface area contributed by atoms with Crippen LogP contribution in [-0.2, 0) is 9.59 Å². The van der Waals surface area contributed by atoms with E-state index in [1.165, 1.54) is 0 Å². The lowest BCUT2D eigenvalue weighted by atomic mass is 10.2. The third-order valence-corrected chi connectivity index (χ3v) is 5.33. The van der Waals surface area contributed by atoms with Gasteiger partial charge >= 0.3 is 0 Å². The van der Waals surface area contributed by atoms with E-state index in [0.717, 1.165) is 41.5 Å². The summed E-state index contributed by atoms with van der Waals surface area (Å²) >= 11 is 1.59. The molecule has 3 heterocycles. The molecule has 0 aliphatic carbocycles. The molecule has 1 fully saturated rings. The number of hydrogen-bond acceptors (Lipinski definition) is 6. The topological polar surface area (TPSA) is 78.4 Å². The van der Waals surface area contributed by atoms with Crippen LogP contribution in [0.5, 0.6) is 0 Å². The van der Waals surface area contributed by atoms with Crippen LogP contribution in [0.4, 0.5) is 5.13 Å². The first kappa shape index (κ1) is 18.6. The Morgan fingerprint density at radius 3 is 2.85 bits per heavy atom. The van der Waals surface area contributed by atoms with Gasteiger partial charge in [-0.2, -0.15) is 0 Å². The number of hydrogen-bond donors (Lipinski definition) is 1. The van der Waals surface area contributed by atoms with Gasteiger partial charge in [-0.25, -0.2) is 9.97 Å². The molecule has 0 unspecified atom stereocenters. The maximum atomic E-state index is 12.4. The minimum Gasteiger partial charge on any atom is -0.354 e. The monoisotopic (exact) mass is 375 g/mol. The zero-order chi connectivity index (χ0) is 18.5. The second-order valence-corrected chi connectivity index (χ2v) is 7.72. The molecule has 1 saturated heterocycles. The van der Waals surface area contributed by atoms with E-state index in [2.05, 4.69) is 20.2 Å². The van der Waals surface area contributed by atoms with Crippen molar-refractivity contribution < 1.29 is 9.59 Å². The standard InChI is InChI=1S/C18H25N5O2S/c1-13(2)20-15(24)6-7-16(25)22-9-4-10-23(12-11-22)18-21-14-5-3-8-19-17(14)26-18/h3,5,8,13H,4,6-7,9-12H2,1-2H3,(H,20,24). The summed E-state index contributed by atoms with van der Waals surface area (Å²) in [5.41, 5.74) is 0.917. The van der Waals surface area contributed by atoms with Crippen molar-refractivity contribution in [3.63, 3.8) is 0 Å². The Kier molecular flexibility index (Phi) is 6.03. The molecule has 8 heteroatoms. The van der Waals surface area contributed by atoms with Crippen LogP contribution in [0.1, 0.15) is 33.1 Å². The SMILES string of the molecule is CC(C)NC(=O)CCC(=O)N1CCCN(c2nc3cccnc3s2)CC1. The summed E-state index contributed by atoms with van der Waals surface area (Å²) < 4.78 is 0. The van der Waals surface area contributed by atoms with E-state index in [1.807, 2.05) is 30.9 Å². The highest BCUT2D eigenvalue weighted by Gasteiger charge is 2.21. The number of fused-ring (bicyclic) bond motifs is 1. The third kappa shape index (κ3) is 4.69. The van der Waals surface area contributed by atoms with E-state index in [9.17, 15) is 9.59 Å². The van der Waals surface area contributed by atoms with Crippen LogP contribution >= 0.6 is 11.3 Å². The van der Waals surface area contributed by atoms with Gasteiger partial charge in [0.1, 0.15) is 10.3 Å². The van der Waals surface area contributed by atoms with Crippen molar-refractivity contribution in [2.75, 3.05) is 31.1 Å². The molecule has 2 aromatic heterocycles. The summed E-state index contributed by atoms with van der Waals surface area (Å²) in [6, 6.07) is 3.97. The number of rotatable bonds is 5. The van der Waals surface area contributed by atoms with Gasteiger partial charge in [0.2, 0.25) is 11.8 Å². The molecule has 2 aromatic rings. The quantitative estimate of drug-likeness (QED) is 0.865. The highest BCUT2D eigenvalue weighted by molar-refractivity contribution is 7.21.